The second kappa shape index (κ2) is 8.88. The van der Waals surface area contributed by atoms with Gasteiger partial charge in [0, 0.05) is 18.7 Å². The van der Waals surface area contributed by atoms with Gasteiger partial charge in [-0.25, -0.2) is 0 Å². The molecule has 0 aliphatic heterocycles. The molecule has 4 N–H and O–H groups in total. The first-order valence-corrected chi connectivity index (χ1v) is 8.07. The van der Waals surface area contributed by atoms with E-state index in [0.29, 0.717) is 30.0 Å². The number of amides is 2. The van der Waals surface area contributed by atoms with Crippen molar-refractivity contribution in [2.24, 2.45) is 5.73 Å². The average Bonchev–Trinajstić information content (AvgIpc) is 3.09. The number of carbonyl (C=O) groups excluding carboxylic acids is 2. The smallest absolute Gasteiger partial charge is 0.254 e. The average molecular weight is 329 g/mol. The first kappa shape index (κ1) is 17.7. The van der Waals surface area contributed by atoms with Gasteiger partial charge in [-0.15, -0.1) is 0 Å². The fourth-order valence-electron chi connectivity index (χ4n) is 2.15. The summed E-state index contributed by atoms with van der Waals surface area (Å²) in [6, 6.07) is 8.80. The lowest BCUT2D eigenvalue weighted by Crippen LogP contribution is -2.24. The van der Waals surface area contributed by atoms with Crippen molar-refractivity contribution in [3.05, 3.63) is 59.0 Å². The minimum atomic E-state index is -0.222. The number of carbonyl (C=O) groups is 2. The molecule has 0 fully saturated rings. The molecule has 0 aliphatic rings. The number of rotatable bonds is 8. The van der Waals surface area contributed by atoms with Crippen molar-refractivity contribution in [1.29, 1.82) is 0 Å². The van der Waals surface area contributed by atoms with Gasteiger partial charge in [0.15, 0.2) is 0 Å². The number of benzene rings is 1. The van der Waals surface area contributed by atoms with Gasteiger partial charge >= 0.3 is 0 Å². The Kier molecular flexibility index (Phi) is 6.57. The van der Waals surface area contributed by atoms with E-state index in [1.807, 2.05) is 12.1 Å². The molecule has 2 amide bonds. The molecule has 2 rings (SSSR count). The zero-order chi connectivity index (χ0) is 17.4. The first-order chi connectivity index (χ1) is 11.6. The third-order valence-electron chi connectivity index (χ3n) is 3.60. The van der Waals surface area contributed by atoms with E-state index >= 15 is 0 Å². The van der Waals surface area contributed by atoms with E-state index in [1.165, 1.54) is 6.26 Å². The van der Waals surface area contributed by atoms with Crippen LogP contribution in [0.25, 0.3) is 0 Å². The van der Waals surface area contributed by atoms with Crippen molar-refractivity contribution < 1.29 is 14.0 Å². The minimum Gasteiger partial charge on any atom is -0.467 e. The lowest BCUT2D eigenvalue weighted by molar-refractivity contribution is 0.0942. The lowest BCUT2D eigenvalue weighted by Gasteiger charge is -2.06. The molecule has 0 unspecified atom stereocenters. The summed E-state index contributed by atoms with van der Waals surface area (Å²) < 4.78 is 5.14. The van der Waals surface area contributed by atoms with E-state index < -0.39 is 0 Å². The van der Waals surface area contributed by atoms with Crippen LogP contribution in [0.5, 0.6) is 0 Å². The predicted octanol–water partition coefficient (Wildman–Crippen LogP) is 2.20. The van der Waals surface area contributed by atoms with Crippen LogP contribution in [0.15, 0.2) is 41.0 Å². The maximum atomic E-state index is 12.0. The van der Waals surface area contributed by atoms with E-state index in [1.54, 1.807) is 18.2 Å². The quantitative estimate of drug-likeness (QED) is 0.647. The second-order valence-electron chi connectivity index (χ2n) is 5.49. The first-order valence-electron chi connectivity index (χ1n) is 8.07. The highest BCUT2D eigenvalue weighted by atomic mass is 16.3. The molecule has 0 saturated carbocycles. The molecule has 0 bridgehead atoms. The molecule has 1 aromatic heterocycles. The molecule has 0 aliphatic carbocycles. The van der Waals surface area contributed by atoms with Crippen LogP contribution in [0.3, 0.4) is 0 Å². The standard InChI is InChI=1S/C18H23N3O3/c1-2-3-8-20-17(22)14-6-4-13(5-7-14)11-21-18(23)15-9-16(10-19)24-12-15/h4-7,9,12H,2-3,8,10-11,19H2,1H3,(H,20,22)(H,21,23). The Morgan fingerprint density at radius 3 is 2.42 bits per heavy atom. The van der Waals surface area contributed by atoms with Crippen LogP contribution >= 0.6 is 0 Å². The van der Waals surface area contributed by atoms with Crippen LogP contribution in [0.4, 0.5) is 0 Å². The monoisotopic (exact) mass is 329 g/mol. The van der Waals surface area contributed by atoms with E-state index in [2.05, 4.69) is 17.6 Å². The summed E-state index contributed by atoms with van der Waals surface area (Å²) in [5.41, 5.74) is 7.42. The van der Waals surface area contributed by atoms with Crippen LogP contribution in [0, 0.1) is 0 Å². The summed E-state index contributed by atoms with van der Waals surface area (Å²) in [5.74, 6) is 0.269. The Morgan fingerprint density at radius 1 is 1.08 bits per heavy atom. The topological polar surface area (TPSA) is 97.4 Å². The molecule has 0 spiro atoms. The summed E-state index contributed by atoms with van der Waals surface area (Å²) in [7, 11) is 0. The van der Waals surface area contributed by atoms with Crippen LogP contribution in [-0.4, -0.2) is 18.4 Å². The zero-order valence-electron chi connectivity index (χ0n) is 13.8. The fraction of sp³-hybridized carbons (Fsp3) is 0.333. The van der Waals surface area contributed by atoms with Crippen molar-refractivity contribution in [3.8, 4) is 0 Å². The van der Waals surface area contributed by atoms with Gasteiger partial charge < -0.3 is 20.8 Å². The molecule has 6 heteroatoms. The van der Waals surface area contributed by atoms with E-state index in [0.717, 1.165) is 18.4 Å². The molecule has 6 nitrogen and oxygen atoms in total. The Morgan fingerprint density at radius 2 is 1.79 bits per heavy atom. The normalized spacial score (nSPS) is 10.4. The van der Waals surface area contributed by atoms with Crippen molar-refractivity contribution in [1.82, 2.24) is 10.6 Å². The van der Waals surface area contributed by atoms with Gasteiger partial charge in [0.2, 0.25) is 0 Å². The van der Waals surface area contributed by atoms with Gasteiger partial charge in [-0.2, -0.15) is 0 Å². The van der Waals surface area contributed by atoms with Gasteiger partial charge in [-0.1, -0.05) is 25.5 Å². The molecule has 2 aromatic rings. The molecule has 24 heavy (non-hydrogen) atoms. The number of hydrogen-bond donors (Lipinski definition) is 3. The van der Waals surface area contributed by atoms with Gasteiger partial charge in [0.25, 0.3) is 11.8 Å². The predicted molar refractivity (Wildman–Crippen MR) is 91.5 cm³/mol. The second-order valence-corrected chi connectivity index (χ2v) is 5.49. The summed E-state index contributed by atoms with van der Waals surface area (Å²) in [4.78, 5) is 23.9. The molecule has 0 saturated heterocycles. The van der Waals surface area contributed by atoms with Crippen molar-refractivity contribution in [3.63, 3.8) is 0 Å². The number of furan rings is 1. The van der Waals surface area contributed by atoms with Gasteiger partial charge in [0.05, 0.1) is 12.1 Å². The molecule has 0 radical (unpaired) electrons. The largest absolute Gasteiger partial charge is 0.467 e. The third-order valence-corrected chi connectivity index (χ3v) is 3.60. The van der Waals surface area contributed by atoms with Crippen LogP contribution in [0.1, 0.15) is 51.8 Å². The van der Waals surface area contributed by atoms with E-state index in [4.69, 9.17) is 10.2 Å². The van der Waals surface area contributed by atoms with Crippen LogP contribution in [-0.2, 0) is 13.1 Å². The Hall–Kier alpha value is -2.60. The van der Waals surface area contributed by atoms with Crippen molar-refractivity contribution >= 4 is 11.8 Å². The van der Waals surface area contributed by atoms with Crippen LogP contribution < -0.4 is 16.4 Å². The zero-order valence-corrected chi connectivity index (χ0v) is 13.8. The number of hydrogen-bond acceptors (Lipinski definition) is 4. The van der Waals surface area contributed by atoms with Crippen molar-refractivity contribution in [2.45, 2.75) is 32.9 Å². The maximum absolute atomic E-state index is 12.0. The summed E-state index contributed by atoms with van der Waals surface area (Å²) in [5, 5.41) is 5.67. The highest BCUT2D eigenvalue weighted by Crippen LogP contribution is 2.08. The Labute approximate surface area is 141 Å². The minimum absolute atomic E-state index is 0.0771. The van der Waals surface area contributed by atoms with Gasteiger partial charge in [-0.05, 0) is 30.2 Å². The molecule has 128 valence electrons. The fourth-order valence-corrected chi connectivity index (χ4v) is 2.15. The molecule has 0 atom stereocenters. The molecule has 1 heterocycles. The van der Waals surface area contributed by atoms with Crippen LogP contribution in [0.2, 0.25) is 0 Å². The van der Waals surface area contributed by atoms with Crippen molar-refractivity contribution in [2.75, 3.05) is 6.54 Å². The lowest BCUT2D eigenvalue weighted by atomic mass is 10.1. The summed E-state index contributed by atoms with van der Waals surface area (Å²) in [6.45, 7) is 3.40. The molecular formula is C18H23N3O3. The summed E-state index contributed by atoms with van der Waals surface area (Å²) >= 11 is 0. The SMILES string of the molecule is CCCCNC(=O)c1ccc(CNC(=O)c2coc(CN)c2)cc1. The maximum Gasteiger partial charge on any atom is 0.254 e. The van der Waals surface area contributed by atoms with Gasteiger partial charge in [0.1, 0.15) is 12.0 Å². The number of unbranched alkanes of at least 4 members (excludes halogenated alkanes) is 1. The number of nitrogens with one attached hydrogen (secondary N) is 2. The Balaban J connectivity index is 1.85. The van der Waals surface area contributed by atoms with E-state index in [9.17, 15) is 9.59 Å². The Bertz CT molecular complexity index is 677. The highest BCUT2D eigenvalue weighted by Gasteiger charge is 2.09. The highest BCUT2D eigenvalue weighted by molar-refractivity contribution is 5.94. The number of nitrogens with two attached hydrogens (primary N) is 1. The third kappa shape index (κ3) is 4.96. The summed E-state index contributed by atoms with van der Waals surface area (Å²) in [6.07, 6.45) is 3.40. The van der Waals surface area contributed by atoms with E-state index in [-0.39, 0.29) is 18.4 Å². The van der Waals surface area contributed by atoms with Gasteiger partial charge in [-0.3, -0.25) is 9.59 Å². The molecular weight excluding hydrogens is 306 g/mol. The molecule has 1 aromatic carbocycles.